The summed E-state index contributed by atoms with van der Waals surface area (Å²) in [6.07, 6.45) is 0.138. The van der Waals surface area contributed by atoms with Crippen LogP contribution in [0, 0.1) is 0 Å². The van der Waals surface area contributed by atoms with Crippen LogP contribution in [0.4, 0.5) is 5.82 Å². The fourth-order valence-electron chi connectivity index (χ4n) is 3.39. The average molecular weight is 427 g/mol. The number of hydrogen-bond acceptors (Lipinski definition) is 6. The molecule has 30 heavy (non-hydrogen) atoms. The molecule has 8 nitrogen and oxygen atoms in total. The highest BCUT2D eigenvalue weighted by molar-refractivity contribution is 7.90. The smallest absolute Gasteiger partial charge is 0.229 e. The van der Waals surface area contributed by atoms with Gasteiger partial charge in [0.1, 0.15) is 17.3 Å². The van der Waals surface area contributed by atoms with Crippen LogP contribution in [0.5, 0.6) is 11.5 Å². The van der Waals surface area contributed by atoms with Crippen molar-refractivity contribution in [2.45, 2.75) is 17.9 Å². The first-order valence-corrected chi connectivity index (χ1v) is 11.1. The monoisotopic (exact) mass is 427 g/mol. The molecule has 0 atom stereocenters. The fraction of sp³-hybridized carbons (Fsp3) is 0.238. The molecular formula is C21H21N3O5S. The molecule has 2 aromatic carbocycles. The summed E-state index contributed by atoms with van der Waals surface area (Å²) < 4.78 is 36.0. The van der Waals surface area contributed by atoms with Crippen LogP contribution in [0.25, 0.3) is 5.69 Å². The van der Waals surface area contributed by atoms with E-state index in [4.69, 9.17) is 9.47 Å². The summed E-state index contributed by atoms with van der Waals surface area (Å²) in [5.41, 5.74) is 2.51. The third kappa shape index (κ3) is 4.02. The predicted octanol–water partition coefficient (Wildman–Crippen LogP) is 2.50. The van der Waals surface area contributed by atoms with Crippen molar-refractivity contribution in [1.29, 1.82) is 0 Å². The van der Waals surface area contributed by atoms with Crippen LogP contribution in [0.2, 0.25) is 0 Å². The number of hydrogen-bond donors (Lipinski definition) is 1. The number of rotatable bonds is 6. The summed E-state index contributed by atoms with van der Waals surface area (Å²) in [4.78, 5) is 12.7. The molecule has 1 N–H and O–H groups in total. The summed E-state index contributed by atoms with van der Waals surface area (Å²) >= 11 is 0. The molecule has 1 aromatic heterocycles. The number of fused-ring (bicyclic) bond motifs is 1. The lowest BCUT2D eigenvalue weighted by Crippen LogP contribution is -2.18. The van der Waals surface area contributed by atoms with Crippen molar-refractivity contribution in [3.63, 3.8) is 0 Å². The van der Waals surface area contributed by atoms with Gasteiger partial charge >= 0.3 is 0 Å². The molecule has 1 aliphatic rings. The van der Waals surface area contributed by atoms with Crippen molar-refractivity contribution >= 4 is 21.6 Å². The lowest BCUT2D eigenvalue weighted by molar-refractivity contribution is -0.115. The summed E-state index contributed by atoms with van der Waals surface area (Å²) in [7, 11) is -0.101. The maximum absolute atomic E-state index is 12.7. The molecule has 1 aliphatic heterocycles. The predicted molar refractivity (Wildman–Crippen MR) is 112 cm³/mol. The molecule has 4 rings (SSSR count). The minimum atomic E-state index is -3.26. The second-order valence-corrected chi connectivity index (χ2v) is 9.05. The molecule has 9 heteroatoms. The Morgan fingerprint density at radius 3 is 2.20 bits per heavy atom. The molecule has 0 saturated carbocycles. The first-order chi connectivity index (χ1) is 14.4. The molecule has 0 radical (unpaired) electrons. The number of anilines is 1. The Labute approximate surface area is 174 Å². The first-order valence-electron chi connectivity index (χ1n) is 9.27. The van der Waals surface area contributed by atoms with E-state index >= 15 is 0 Å². The van der Waals surface area contributed by atoms with Gasteiger partial charge in [0.25, 0.3) is 0 Å². The van der Waals surface area contributed by atoms with E-state index < -0.39 is 9.84 Å². The zero-order valence-electron chi connectivity index (χ0n) is 16.6. The molecule has 0 unspecified atom stereocenters. The van der Waals surface area contributed by atoms with Gasteiger partial charge in [-0.1, -0.05) is 12.1 Å². The van der Waals surface area contributed by atoms with Gasteiger partial charge in [-0.3, -0.25) is 4.79 Å². The van der Waals surface area contributed by atoms with Crippen LogP contribution in [-0.4, -0.2) is 38.3 Å². The maximum Gasteiger partial charge on any atom is 0.229 e. The van der Waals surface area contributed by atoms with Gasteiger partial charge in [0.15, 0.2) is 9.84 Å². The normalized spacial score (nSPS) is 14.2. The van der Waals surface area contributed by atoms with Crippen LogP contribution in [0.3, 0.4) is 0 Å². The largest absolute Gasteiger partial charge is 0.497 e. The Kier molecular flexibility index (Phi) is 5.21. The number of sulfone groups is 1. The third-order valence-corrected chi connectivity index (χ3v) is 6.33. The third-order valence-electron chi connectivity index (χ3n) is 4.89. The Morgan fingerprint density at radius 2 is 1.60 bits per heavy atom. The standard InChI is InChI=1S/C21H21N3O5S/c1-28-16-7-3-14(4-8-16)11-20(25)22-21-18-12-30(26,27)13-19(18)23-24(21)15-5-9-17(29-2)10-6-15/h3-10H,11-13H2,1-2H3,(H,22,25). The molecule has 0 spiro atoms. The van der Waals surface area contributed by atoms with Crippen LogP contribution >= 0.6 is 0 Å². The van der Waals surface area contributed by atoms with Gasteiger partial charge < -0.3 is 14.8 Å². The second kappa shape index (κ2) is 7.83. The number of aromatic nitrogens is 2. The summed E-state index contributed by atoms with van der Waals surface area (Å²) in [5.74, 6) is 1.24. The van der Waals surface area contributed by atoms with E-state index in [0.717, 1.165) is 5.56 Å². The average Bonchev–Trinajstić information content (AvgIpc) is 3.21. The van der Waals surface area contributed by atoms with Gasteiger partial charge in [-0.25, -0.2) is 13.1 Å². The lowest BCUT2D eigenvalue weighted by atomic mass is 10.1. The van der Waals surface area contributed by atoms with Crippen LogP contribution in [-0.2, 0) is 32.6 Å². The Hall–Kier alpha value is -3.33. The van der Waals surface area contributed by atoms with Gasteiger partial charge in [0.2, 0.25) is 5.91 Å². The van der Waals surface area contributed by atoms with Crippen molar-refractivity contribution in [2.75, 3.05) is 19.5 Å². The van der Waals surface area contributed by atoms with E-state index in [0.29, 0.717) is 34.3 Å². The van der Waals surface area contributed by atoms with Gasteiger partial charge in [0, 0.05) is 5.56 Å². The number of carbonyl (C=O) groups is 1. The number of nitrogens with zero attached hydrogens (tertiary/aromatic N) is 2. The molecule has 2 heterocycles. The molecule has 0 fully saturated rings. The van der Waals surface area contributed by atoms with E-state index in [2.05, 4.69) is 10.4 Å². The van der Waals surface area contributed by atoms with E-state index in [9.17, 15) is 13.2 Å². The zero-order chi connectivity index (χ0) is 21.3. The Morgan fingerprint density at radius 1 is 1.00 bits per heavy atom. The quantitative estimate of drug-likeness (QED) is 0.649. The topological polar surface area (TPSA) is 99.5 Å². The number of benzene rings is 2. The van der Waals surface area contributed by atoms with Gasteiger partial charge in [-0.15, -0.1) is 0 Å². The minimum absolute atomic E-state index is 0.132. The molecule has 0 bridgehead atoms. The maximum atomic E-state index is 12.7. The number of carbonyl (C=O) groups excluding carboxylic acids is 1. The molecule has 3 aromatic rings. The summed E-state index contributed by atoms with van der Waals surface area (Å²) in [5, 5.41) is 7.33. The number of ether oxygens (including phenoxy) is 2. The summed E-state index contributed by atoms with van der Waals surface area (Å²) in [6, 6.07) is 14.4. The number of amides is 1. The molecule has 156 valence electrons. The Balaban J connectivity index is 1.64. The van der Waals surface area contributed by atoms with Crippen molar-refractivity contribution < 1.29 is 22.7 Å². The number of methoxy groups -OCH3 is 2. The second-order valence-electron chi connectivity index (χ2n) is 6.99. The van der Waals surface area contributed by atoms with Gasteiger partial charge in [-0.2, -0.15) is 5.10 Å². The number of nitrogens with one attached hydrogen (secondary N) is 1. The van der Waals surface area contributed by atoms with Crippen molar-refractivity contribution in [2.24, 2.45) is 0 Å². The van der Waals surface area contributed by atoms with E-state index in [1.54, 1.807) is 55.3 Å². The van der Waals surface area contributed by atoms with Crippen molar-refractivity contribution in [1.82, 2.24) is 9.78 Å². The first kappa shape index (κ1) is 20.0. The molecular weight excluding hydrogens is 406 g/mol. The zero-order valence-corrected chi connectivity index (χ0v) is 17.4. The van der Waals surface area contributed by atoms with Crippen molar-refractivity contribution in [3.8, 4) is 17.2 Å². The lowest BCUT2D eigenvalue weighted by Gasteiger charge is -2.12. The van der Waals surface area contributed by atoms with E-state index in [-0.39, 0.29) is 23.8 Å². The van der Waals surface area contributed by atoms with Crippen LogP contribution in [0.15, 0.2) is 48.5 Å². The van der Waals surface area contributed by atoms with Crippen molar-refractivity contribution in [3.05, 3.63) is 65.4 Å². The molecule has 0 saturated heterocycles. The van der Waals surface area contributed by atoms with E-state index in [1.807, 2.05) is 12.1 Å². The van der Waals surface area contributed by atoms with E-state index in [1.165, 1.54) is 0 Å². The van der Waals surface area contributed by atoms with Crippen LogP contribution < -0.4 is 14.8 Å². The van der Waals surface area contributed by atoms with Gasteiger partial charge in [0.05, 0.1) is 43.5 Å². The molecule has 0 aliphatic carbocycles. The highest BCUT2D eigenvalue weighted by Crippen LogP contribution is 2.33. The van der Waals surface area contributed by atoms with Crippen LogP contribution in [0.1, 0.15) is 16.8 Å². The minimum Gasteiger partial charge on any atom is -0.497 e. The Bertz CT molecular complexity index is 1180. The highest BCUT2D eigenvalue weighted by Gasteiger charge is 2.33. The summed E-state index contributed by atoms with van der Waals surface area (Å²) in [6.45, 7) is 0. The fourth-order valence-corrected chi connectivity index (χ4v) is 4.88. The highest BCUT2D eigenvalue weighted by atomic mass is 32.2. The van der Waals surface area contributed by atoms with Gasteiger partial charge in [-0.05, 0) is 42.0 Å². The SMILES string of the molecule is COc1ccc(CC(=O)Nc2c3c(nn2-c2ccc(OC)cc2)CS(=O)(=O)C3)cc1. The molecule has 1 amide bonds.